The third-order valence-corrected chi connectivity index (χ3v) is 8.81. The van der Waals surface area contributed by atoms with Gasteiger partial charge >= 0.3 is 0 Å². The van der Waals surface area contributed by atoms with Crippen LogP contribution in [0.5, 0.6) is 5.75 Å². The number of benzene rings is 3. The summed E-state index contributed by atoms with van der Waals surface area (Å²) in [7, 11) is 6.12. The molecular weight excluding hydrogens is 456 g/mol. The Morgan fingerprint density at radius 2 is 1.76 bits per heavy atom. The van der Waals surface area contributed by atoms with Gasteiger partial charge in [-0.2, -0.15) is 0 Å². The zero-order valence-corrected chi connectivity index (χ0v) is 23.1. The van der Waals surface area contributed by atoms with Crippen LogP contribution >= 0.6 is 0 Å². The summed E-state index contributed by atoms with van der Waals surface area (Å²) in [5, 5.41) is 0. The van der Waals surface area contributed by atoms with E-state index >= 15 is 0 Å². The largest absolute Gasteiger partial charge is 0.463 e. The van der Waals surface area contributed by atoms with Crippen molar-refractivity contribution >= 4 is 17.5 Å². The molecule has 2 heterocycles. The first-order chi connectivity index (χ1) is 17.6. The minimum absolute atomic E-state index is 0.140. The van der Waals surface area contributed by atoms with Gasteiger partial charge in [-0.05, 0) is 95.3 Å². The molecule has 0 fully saturated rings. The number of fused-ring (bicyclic) bond motifs is 2. The smallest absolute Gasteiger partial charge is 0.211 e. The molecule has 0 radical (unpaired) electrons. The van der Waals surface area contributed by atoms with Crippen LogP contribution < -0.4 is 9.64 Å². The van der Waals surface area contributed by atoms with Crippen molar-refractivity contribution in [1.82, 2.24) is 4.90 Å². The highest BCUT2D eigenvalue weighted by atomic mass is 16.5. The van der Waals surface area contributed by atoms with Gasteiger partial charge in [0.2, 0.25) is 5.72 Å². The zero-order chi connectivity index (χ0) is 26.6. The lowest BCUT2D eigenvalue weighted by Gasteiger charge is -2.46. The second-order valence-corrected chi connectivity index (χ2v) is 11.4. The second-order valence-electron chi connectivity index (χ2n) is 11.4. The first kappa shape index (κ1) is 25.3. The number of anilines is 1. The molecule has 3 aromatic rings. The Balaban J connectivity index is 1.50. The number of nitrogens with zero attached hydrogens (tertiary/aromatic N) is 2. The highest BCUT2D eigenvalue weighted by Crippen LogP contribution is 2.54. The van der Waals surface area contributed by atoms with Gasteiger partial charge in [-0.3, -0.25) is 9.69 Å². The number of aryl methyl sites for hydroxylation is 1. The summed E-state index contributed by atoms with van der Waals surface area (Å²) in [4.78, 5) is 18.4. The van der Waals surface area contributed by atoms with Gasteiger partial charge in [-0.1, -0.05) is 55.0 Å². The Bertz CT molecular complexity index is 1370. The lowest BCUT2D eigenvalue weighted by Crippen LogP contribution is -2.58. The second kappa shape index (κ2) is 8.88. The lowest BCUT2D eigenvalue weighted by atomic mass is 9.76. The van der Waals surface area contributed by atoms with E-state index in [1.165, 1.54) is 16.8 Å². The Hall–Kier alpha value is -3.37. The number of rotatable bonds is 6. The van der Waals surface area contributed by atoms with E-state index in [2.05, 4.69) is 87.0 Å². The highest BCUT2D eigenvalue weighted by molar-refractivity contribution is 6.04. The maximum atomic E-state index is 14.1. The Labute approximate surface area is 221 Å². The molecule has 0 amide bonds. The summed E-state index contributed by atoms with van der Waals surface area (Å²) in [6.45, 7) is 8.73. The predicted octanol–water partition coefficient (Wildman–Crippen LogP) is 6.66. The molecule has 2 unspecified atom stereocenters. The van der Waals surface area contributed by atoms with Crippen LogP contribution in [0.15, 0.2) is 72.8 Å². The number of carbonyl (C=O) groups is 1. The molecule has 4 nitrogen and oxygen atoms in total. The number of ketones is 1. The minimum atomic E-state index is -0.633. The molecule has 2 aliphatic rings. The van der Waals surface area contributed by atoms with E-state index in [9.17, 15) is 4.79 Å². The molecule has 5 rings (SSSR count). The SMILES string of the molecule is CCC(Cc1ccccc1)(C(=O)c1ccc2c(c1)C=CC1(O2)N(C)c2ccc(C)cc2C1(C)C)N(C)C. The van der Waals surface area contributed by atoms with Crippen molar-refractivity contribution in [2.45, 2.75) is 57.2 Å². The fraction of sp³-hybridized carbons (Fsp3) is 0.364. The summed E-state index contributed by atoms with van der Waals surface area (Å²) in [6, 6.07) is 22.8. The number of hydrogen-bond acceptors (Lipinski definition) is 4. The first-order valence-electron chi connectivity index (χ1n) is 13.2. The van der Waals surface area contributed by atoms with E-state index in [0.29, 0.717) is 12.0 Å². The average Bonchev–Trinajstić information content (AvgIpc) is 3.04. The normalized spacial score (nSPS) is 20.9. The quantitative estimate of drug-likeness (QED) is 0.359. The lowest BCUT2D eigenvalue weighted by molar-refractivity contribution is 0.0580. The zero-order valence-electron chi connectivity index (χ0n) is 23.1. The Morgan fingerprint density at radius 1 is 1.03 bits per heavy atom. The molecule has 3 aromatic carbocycles. The fourth-order valence-electron chi connectivity index (χ4n) is 6.31. The van der Waals surface area contributed by atoms with Gasteiger partial charge in [0.15, 0.2) is 5.78 Å². The molecule has 192 valence electrons. The molecule has 2 atom stereocenters. The van der Waals surface area contributed by atoms with Gasteiger partial charge in [0.25, 0.3) is 0 Å². The summed E-state index contributed by atoms with van der Waals surface area (Å²) in [6.07, 6.45) is 5.69. The Morgan fingerprint density at radius 3 is 2.43 bits per heavy atom. The van der Waals surface area contributed by atoms with E-state index in [1.807, 2.05) is 50.5 Å². The highest BCUT2D eigenvalue weighted by Gasteiger charge is 2.57. The summed E-state index contributed by atoms with van der Waals surface area (Å²) in [5.74, 6) is 0.944. The number of hydrogen-bond donors (Lipinski definition) is 0. The molecule has 0 N–H and O–H groups in total. The van der Waals surface area contributed by atoms with E-state index in [4.69, 9.17) is 4.74 Å². The van der Waals surface area contributed by atoms with Gasteiger partial charge in [-0.15, -0.1) is 0 Å². The average molecular weight is 495 g/mol. The molecule has 0 aliphatic carbocycles. The molecule has 37 heavy (non-hydrogen) atoms. The molecule has 0 aromatic heterocycles. The maximum Gasteiger partial charge on any atom is 0.211 e. The molecule has 0 saturated heterocycles. The number of carbonyl (C=O) groups excluding carboxylic acids is 1. The third-order valence-electron chi connectivity index (χ3n) is 8.81. The van der Waals surface area contributed by atoms with Crippen molar-refractivity contribution in [2.75, 3.05) is 26.0 Å². The van der Waals surface area contributed by atoms with Gasteiger partial charge in [0, 0.05) is 23.9 Å². The molecular formula is C33H38N2O2. The van der Waals surface area contributed by atoms with Crippen molar-refractivity contribution < 1.29 is 9.53 Å². The first-order valence-corrected chi connectivity index (χ1v) is 13.2. The van der Waals surface area contributed by atoms with E-state index in [-0.39, 0.29) is 11.2 Å². The van der Waals surface area contributed by atoms with Crippen molar-refractivity contribution in [3.05, 3.63) is 101 Å². The van der Waals surface area contributed by atoms with Crippen molar-refractivity contribution in [1.29, 1.82) is 0 Å². The van der Waals surface area contributed by atoms with E-state index in [0.717, 1.165) is 23.3 Å². The van der Waals surface area contributed by atoms with Crippen LogP contribution in [-0.4, -0.2) is 43.1 Å². The van der Waals surface area contributed by atoms with Gasteiger partial charge in [0.05, 0.1) is 11.0 Å². The summed E-state index contributed by atoms with van der Waals surface area (Å²) < 4.78 is 6.84. The molecule has 2 aliphatic heterocycles. The Kier molecular flexibility index (Phi) is 6.07. The third kappa shape index (κ3) is 3.73. The maximum absolute atomic E-state index is 14.1. The number of ether oxygens (including phenoxy) is 1. The number of Topliss-reactive ketones (excluding diaryl/α,β-unsaturated/α-hetero) is 1. The van der Waals surface area contributed by atoms with Gasteiger partial charge < -0.3 is 9.64 Å². The minimum Gasteiger partial charge on any atom is -0.463 e. The topological polar surface area (TPSA) is 32.8 Å². The van der Waals surface area contributed by atoms with Gasteiger partial charge in [-0.25, -0.2) is 0 Å². The van der Waals surface area contributed by atoms with Crippen molar-refractivity contribution in [3.8, 4) is 5.75 Å². The standard InChI is InChI=1S/C33H38N2O2/c1-8-32(34(5)6,22-24-12-10-9-11-13-24)30(36)26-15-17-29-25(21-26)18-19-33(37-29)31(3,4)27-20-23(2)14-16-28(27)35(33)7/h9-21H,8,22H2,1-7H3. The van der Waals surface area contributed by atoms with Crippen LogP contribution in [0.3, 0.4) is 0 Å². The van der Waals surface area contributed by atoms with Crippen LogP contribution in [0.2, 0.25) is 0 Å². The van der Waals surface area contributed by atoms with Crippen LogP contribution in [-0.2, 0) is 11.8 Å². The monoisotopic (exact) mass is 494 g/mol. The van der Waals surface area contributed by atoms with Crippen LogP contribution in [0, 0.1) is 6.92 Å². The molecule has 1 spiro atoms. The summed E-state index contributed by atoms with van der Waals surface area (Å²) >= 11 is 0. The van der Waals surface area contributed by atoms with Crippen LogP contribution in [0.4, 0.5) is 5.69 Å². The number of likely N-dealkylation sites (N-methyl/N-ethyl adjacent to an activating group) is 2. The van der Waals surface area contributed by atoms with E-state index in [1.54, 1.807) is 0 Å². The predicted molar refractivity (Wildman–Crippen MR) is 153 cm³/mol. The van der Waals surface area contributed by atoms with Crippen LogP contribution in [0.1, 0.15) is 59.8 Å². The molecule has 4 heteroatoms. The summed E-state index contributed by atoms with van der Waals surface area (Å²) in [5.41, 5.74) is 5.03. The molecule has 0 bridgehead atoms. The van der Waals surface area contributed by atoms with Crippen LogP contribution in [0.25, 0.3) is 6.08 Å². The van der Waals surface area contributed by atoms with Crippen molar-refractivity contribution in [2.24, 2.45) is 0 Å². The van der Waals surface area contributed by atoms with E-state index < -0.39 is 11.3 Å². The van der Waals surface area contributed by atoms with Gasteiger partial charge in [0.1, 0.15) is 5.75 Å². The fourth-order valence-corrected chi connectivity index (χ4v) is 6.31. The van der Waals surface area contributed by atoms with Crippen molar-refractivity contribution in [3.63, 3.8) is 0 Å². The molecule has 0 saturated carbocycles.